The molecule has 0 N–H and O–H groups in total. The van der Waals surface area contributed by atoms with Crippen LogP contribution in [0.25, 0.3) is 6.08 Å². The molecule has 0 bridgehead atoms. The van der Waals surface area contributed by atoms with Gasteiger partial charge in [-0.3, -0.25) is 4.79 Å². The number of carbonyl (C=O) groups excluding carboxylic acids is 2. The summed E-state index contributed by atoms with van der Waals surface area (Å²) in [6, 6.07) is 5.38. The number of allylic oxidation sites excluding steroid dienone is 1. The minimum Gasteiger partial charge on any atom is -0.493 e. The van der Waals surface area contributed by atoms with Crippen LogP contribution < -0.4 is 9.47 Å². The lowest BCUT2D eigenvalue weighted by atomic mass is 10.1. The summed E-state index contributed by atoms with van der Waals surface area (Å²) in [5.74, 6) is 0.928. The lowest BCUT2D eigenvalue weighted by Gasteiger charge is -2.07. The first-order valence-corrected chi connectivity index (χ1v) is 8.23. The first-order valence-electron chi connectivity index (χ1n) is 8.23. The fraction of sp³-hybridized carbons (Fsp3) is 0.400. The summed E-state index contributed by atoms with van der Waals surface area (Å²) in [6.45, 7) is 5.68. The van der Waals surface area contributed by atoms with Crippen molar-refractivity contribution in [3.8, 4) is 11.5 Å². The fourth-order valence-corrected chi connectivity index (χ4v) is 2.12. The third-order valence-corrected chi connectivity index (χ3v) is 3.59. The normalized spacial score (nSPS) is 10.5. The van der Waals surface area contributed by atoms with Crippen molar-refractivity contribution in [1.29, 1.82) is 0 Å². The first-order chi connectivity index (χ1) is 12.0. The number of hydrogen-bond donors (Lipinski definition) is 0. The number of ketones is 1. The monoisotopic (exact) mass is 346 g/mol. The van der Waals surface area contributed by atoms with Crippen molar-refractivity contribution in [3.63, 3.8) is 0 Å². The number of methoxy groups -OCH3 is 2. The van der Waals surface area contributed by atoms with Gasteiger partial charge in [0.2, 0.25) is 0 Å². The molecule has 0 radical (unpaired) electrons. The van der Waals surface area contributed by atoms with Crippen molar-refractivity contribution < 1.29 is 23.8 Å². The Labute approximate surface area is 149 Å². The summed E-state index contributed by atoms with van der Waals surface area (Å²) in [5, 5.41) is 0. The highest BCUT2D eigenvalue weighted by molar-refractivity contribution is 5.94. The van der Waals surface area contributed by atoms with Crippen molar-refractivity contribution in [2.75, 3.05) is 20.8 Å². The number of ether oxygens (including phenoxy) is 3. The SMILES string of the molecule is C=C(C)C(=O)CCCCCOC(=O)/C=C/c1ccc(OC)c(OC)c1. The van der Waals surface area contributed by atoms with E-state index in [1.165, 1.54) is 6.08 Å². The van der Waals surface area contributed by atoms with Crippen molar-refractivity contribution in [2.45, 2.75) is 32.6 Å². The van der Waals surface area contributed by atoms with Gasteiger partial charge in [-0.25, -0.2) is 4.79 Å². The van der Waals surface area contributed by atoms with Gasteiger partial charge in [0.15, 0.2) is 17.3 Å². The van der Waals surface area contributed by atoms with E-state index >= 15 is 0 Å². The van der Waals surface area contributed by atoms with Gasteiger partial charge in [-0.1, -0.05) is 12.6 Å². The zero-order valence-corrected chi connectivity index (χ0v) is 15.2. The first kappa shape index (κ1) is 20.5. The number of esters is 1. The molecule has 0 aliphatic rings. The van der Waals surface area contributed by atoms with E-state index in [1.807, 2.05) is 6.07 Å². The van der Waals surface area contributed by atoms with Gasteiger partial charge in [-0.2, -0.15) is 0 Å². The van der Waals surface area contributed by atoms with Crippen LogP contribution in [0.15, 0.2) is 36.4 Å². The minimum atomic E-state index is -0.396. The summed E-state index contributed by atoms with van der Waals surface area (Å²) in [5.41, 5.74) is 1.40. The summed E-state index contributed by atoms with van der Waals surface area (Å²) in [7, 11) is 3.13. The van der Waals surface area contributed by atoms with E-state index in [1.54, 1.807) is 39.4 Å². The van der Waals surface area contributed by atoms with Gasteiger partial charge in [0, 0.05) is 12.5 Å². The van der Waals surface area contributed by atoms with Crippen LogP contribution in [-0.4, -0.2) is 32.6 Å². The summed E-state index contributed by atoms with van der Waals surface area (Å²) in [4.78, 5) is 23.1. The number of hydrogen-bond acceptors (Lipinski definition) is 5. The average Bonchev–Trinajstić information content (AvgIpc) is 2.62. The third kappa shape index (κ3) is 7.70. The van der Waals surface area contributed by atoms with E-state index in [9.17, 15) is 9.59 Å². The highest BCUT2D eigenvalue weighted by Crippen LogP contribution is 2.27. The van der Waals surface area contributed by atoms with Crippen LogP contribution in [0.1, 0.15) is 38.2 Å². The maximum atomic E-state index is 11.7. The zero-order chi connectivity index (χ0) is 18.7. The van der Waals surface area contributed by atoms with Crippen molar-refractivity contribution in [1.82, 2.24) is 0 Å². The van der Waals surface area contributed by atoms with Gasteiger partial charge < -0.3 is 14.2 Å². The number of unbranched alkanes of at least 4 members (excludes halogenated alkanes) is 2. The van der Waals surface area contributed by atoms with Gasteiger partial charge in [0.1, 0.15) is 0 Å². The molecular weight excluding hydrogens is 320 g/mol. The molecule has 136 valence electrons. The van der Waals surface area contributed by atoms with E-state index in [2.05, 4.69) is 6.58 Å². The van der Waals surface area contributed by atoms with Gasteiger partial charge in [-0.15, -0.1) is 0 Å². The Morgan fingerprint density at radius 3 is 2.44 bits per heavy atom. The molecule has 0 aromatic heterocycles. The lowest BCUT2D eigenvalue weighted by Crippen LogP contribution is -2.03. The van der Waals surface area contributed by atoms with Crippen LogP contribution >= 0.6 is 0 Å². The highest BCUT2D eigenvalue weighted by atomic mass is 16.5. The molecule has 1 aromatic rings. The number of benzene rings is 1. The molecule has 0 saturated heterocycles. The Morgan fingerprint density at radius 2 is 1.80 bits per heavy atom. The summed E-state index contributed by atoms with van der Waals surface area (Å²) in [6.07, 6.45) is 5.90. The molecule has 1 rings (SSSR count). The molecular formula is C20H26O5. The van der Waals surface area contributed by atoms with Gasteiger partial charge >= 0.3 is 5.97 Å². The van der Waals surface area contributed by atoms with Gasteiger partial charge in [0.05, 0.1) is 20.8 Å². The van der Waals surface area contributed by atoms with Crippen molar-refractivity contribution >= 4 is 17.8 Å². The van der Waals surface area contributed by atoms with E-state index in [0.717, 1.165) is 24.8 Å². The number of rotatable bonds is 11. The molecule has 0 aliphatic heterocycles. The van der Waals surface area contributed by atoms with Crippen LogP contribution in [0.3, 0.4) is 0 Å². The van der Waals surface area contributed by atoms with Crippen LogP contribution in [0.2, 0.25) is 0 Å². The Bertz CT molecular complexity index is 631. The average molecular weight is 346 g/mol. The molecule has 0 amide bonds. The number of Topliss-reactive ketones (excluding diaryl/α,β-unsaturated/α-hetero) is 1. The summed E-state index contributed by atoms with van der Waals surface area (Å²) >= 11 is 0. The fourth-order valence-electron chi connectivity index (χ4n) is 2.12. The van der Waals surface area contributed by atoms with Crippen molar-refractivity contribution in [2.24, 2.45) is 0 Å². The molecule has 1 aromatic carbocycles. The van der Waals surface area contributed by atoms with Gasteiger partial charge in [0.25, 0.3) is 0 Å². The van der Waals surface area contributed by atoms with E-state index in [0.29, 0.717) is 30.1 Å². The highest BCUT2D eigenvalue weighted by Gasteiger charge is 2.04. The molecule has 0 atom stereocenters. The van der Waals surface area contributed by atoms with Crippen LogP contribution in [0, 0.1) is 0 Å². The van der Waals surface area contributed by atoms with Crippen LogP contribution in [0.5, 0.6) is 11.5 Å². The van der Waals surface area contributed by atoms with E-state index < -0.39 is 5.97 Å². The Morgan fingerprint density at radius 1 is 1.08 bits per heavy atom. The topological polar surface area (TPSA) is 61.8 Å². The molecule has 5 nitrogen and oxygen atoms in total. The summed E-state index contributed by atoms with van der Waals surface area (Å²) < 4.78 is 15.5. The lowest BCUT2D eigenvalue weighted by molar-refractivity contribution is -0.137. The Hall–Kier alpha value is -2.56. The quantitative estimate of drug-likeness (QED) is 0.345. The van der Waals surface area contributed by atoms with Crippen molar-refractivity contribution in [3.05, 3.63) is 42.0 Å². The largest absolute Gasteiger partial charge is 0.493 e. The molecule has 0 fully saturated rings. The van der Waals surface area contributed by atoms with Crippen LogP contribution in [0.4, 0.5) is 0 Å². The molecule has 0 saturated carbocycles. The van der Waals surface area contributed by atoms with E-state index in [-0.39, 0.29) is 5.78 Å². The molecule has 0 spiro atoms. The minimum absolute atomic E-state index is 0.0925. The smallest absolute Gasteiger partial charge is 0.330 e. The molecule has 0 aliphatic carbocycles. The molecule has 0 unspecified atom stereocenters. The van der Waals surface area contributed by atoms with Crippen LogP contribution in [-0.2, 0) is 14.3 Å². The Balaban J connectivity index is 2.31. The molecule has 0 heterocycles. The maximum absolute atomic E-state index is 11.7. The zero-order valence-electron chi connectivity index (χ0n) is 15.2. The predicted octanol–water partition coefficient (Wildman–Crippen LogP) is 3.97. The van der Waals surface area contributed by atoms with Gasteiger partial charge in [-0.05, 0) is 55.5 Å². The Kier molecular flexibility index (Phi) is 9.07. The molecule has 5 heteroatoms. The second kappa shape index (κ2) is 11.1. The third-order valence-electron chi connectivity index (χ3n) is 3.59. The predicted molar refractivity (Wildman–Crippen MR) is 97.8 cm³/mol. The molecule has 25 heavy (non-hydrogen) atoms. The second-order valence-corrected chi connectivity index (χ2v) is 5.63. The maximum Gasteiger partial charge on any atom is 0.330 e. The second-order valence-electron chi connectivity index (χ2n) is 5.63. The standard InChI is InChI=1S/C20H26O5/c1-15(2)17(21)8-6-5-7-13-25-20(22)12-10-16-9-11-18(23-3)19(14-16)24-4/h9-12,14H,1,5-8,13H2,2-4H3/b12-10+. The van der Waals surface area contributed by atoms with E-state index in [4.69, 9.17) is 14.2 Å². The number of carbonyl (C=O) groups is 2.